The highest BCUT2D eigenvalue weighted by molar-refractivity contribution is 7.16. The molecule has 0 saturated carbocycles. The zero-order valence-electron chi connectivity index (χ0n) is 13.2. The van der Waals surface area contributed by atoms with Crippen LogP contribution in [0, 0.1) is 5.92 Å². The Labute approximate surface area is 140 Å². The Bertz CT molecular complexity index is 648. The minimum Gasteiger partial charge on any atom is -0.497 e. The van der Waals surface area contributed by atoms with Gasteiger partial charge in [-0.2, -0.15) is 0 Å². The molecule has 1 aliphatic rings. The summed E-state index contributed by atoms with van der Waals surface area (Å²) in [6.45, 7) is 2.89. The van der Waals surface area contributed by atoms with Gasteiger partial charge in [0.25, 0.3) is 5.91 Å². The fourth-order valence-corrected chi connectivity index (χ4v) is 3.52. The van der Waals surface area contributed by atoms with Crippen LogP contribution in [-0.4, -0.2) is 37.6 Å². The van der Waals surface area contributed by atoms with Crippen LogP contribution in [0.1, 0.15) is 22.5 Å². The lowest BCUT2D eigenvalue weighted by molar-refractivity contribution is 0.0955. The van der Waals surface area contributed by atoms with Gasteiger partial charge in [0.05, 0.1) is 13.3 Å². The maximum atomic E-state index is 12.2. The maximum absolute atomic E-state index is 12.2. The van der Waals surface area contributed by atoms with Crippen LogP contribution in [0.3, 0.4) is 0 Å². The van der Waals surface area contributed by atoms with Gasteiger partial charge >= 0.3 is 0 Å². The van der Waals surface area contributed by atoms with E-state index < -0.39 is 0 Å². The minimum absolute atomic E-state index is 0.0341. The predicted molar refractivity (Wildman–Crippen MR) is 92.0 cm³/mol. The van der Waals surface area contributed by atoms with Crippen molar-refractivity contribution in [2.45, 2.75) is 12.8 Å². The van der Waals surface area contributed by atoms with Gasteiger partial charge in [-0.3, -0.25) is 4.79 Å². The van der Waals surface area contributed by atoms with Crippen molar-refractivity contribution in [1.29, 1.82) is 0 Å². The third-order valence-electron chi connectivity index (χ3n) is 4.07. The number of aromatic nitrogens is 1. The highest BCUT2D eigenvalue weighted by atomic mass is 32.1. The number of nitrogens with zero attached hydrogens (tertiary/aromatic N) is 1. The van der Waals surface area contributed by atoms with E-state index in [0.717, 1.165) is 42.4 Å². The number of ether oxygens (including phenoxy) is 1. The number of carbonyl (C=O) groups excluding carboxylic acids is 1. The van der Waals surface area contributed by atoms with Crippen molar-refractivity contribution in [3.05, 3.63) is 35.3 Å². The second-order valence-electron chi connectivity index (χ2n) is 5.66. The summed E-state index contributed by atoms with van der Waals surface area (Å²) < 4.78 is 5.15. The molecular weight excluding hydrogens is 310 g/mol. The van der Waals surface area contributed by atoms with Crippen molar-refractivity contribution in [3.63, 3.8) is 0 Å². The lowest BCUT2D eigenvalue weighted by Gasteiger charge is -2.08. The molecule has 0 bridgehead atoms. The van der Waals surface area contributed by atoms with Crippen LogP contribution in [0.25, 0.3) is 10.6 Å². The molecule has 23 heavy (non-hydrogen) atoms. The second-order valence-corrected chi connectivity index (χ2v) is 6.69. The Hall–Kier alpha value is -1.92. The summed E-state index contributed by atoms with van der Waals surface area (Å²) in [5.41, 5.74) is 0.992. The van der Waals surface area contributed by atoms with E-state index in [2.05, 4.69) is 15.6 Å². The average molecular weight is 331 g/mol. The van der Waals surface area contributed by atoms with Crippen LogP contribution in [0.2, 0.25) is 0 Å². The first kappa shape index (κ1) is 16.0. The van der Waals surface area contributed by atoms with Crippen molar-refractivity contribution < 1.29 is 9.53 Å². The second kappa shape index (κ2) is 7.57. The molecular formula is C17H21N3O2S. The van der Waals surface area contributed by atoms with E-state index in [0.29, 0.717) is 10.8 Å². The van der Waals surface area contributed by atoms with Gasteiger partial charge in [-0.05, 0) is 56.1 Å². The van der Waals surface area contributed by atoms with Crippen molar-refractivity contribution in [3.8, 4) is 16.3 Å². The van der Waals surface area contributed by atoms with E-state index in [1.165, 1.54) is 17.8 Å². The average Bonchev–Trinajstić information content (AvgIpc) is 3.26. The fraction of sp³-hybridized carbons (Fsp3) is 0.412. The Morgan fingerprint density at radius 2 is 2.26 bits per heavy atom. The molecule has 2 heterocycles. The zero-order chi connectivity index (χ0) is 16.1. The summed E-state index contributed by atoms with van der Waals surface area (Å²) in [4.78, 5) is 17.2. The Balaban J connectivity index is 1.55. The highest BCUT2D eigenvalue weighted by Crippen LogP contribution is 2.26. The third kappa shape index (κ3) is 4.09. The van der Waals surface area contributed by atoms with Crippen LogP contribution >= 0.6 is 11.3 Å². The molecule has 2 aromatic rings. The number of nitrogens with one attached hydrogen (secondary N) is 2. The molecule has 0 radical (unpaired) electrons. The van der Waals surface area contributed by atoms with Crippen molar-refractivity contribution in [1.82, 2.24) is 15.6 Å². The number of thiazole rings is 1. The number of rotatable bonds is 6. The fourth-order valence-electron chi connectivity index (χ4n) is 2.68. The van der Waals surface area contributed by atoms with E-state index in [1.54, 1.807) is 13.3 Å². The van der Waals surface area contributed by atoms with Crippen LogP contribution in [0.15, 0.2) is 30.5 Å². The maximum Gasteiger partial charge on any atom is 0.263 e. The van der Waals surface area contributed by atoms with Crippen molar-refractivity contribution >= 4 is 17.2 Å². The van der Waals surface area contributed by atoms with E-state index in [-0.39, 0.29) is 5.91 Å². The van der Waals surface area contributed by atoms with Gasteiger partial charge in [0.2, 0.25) is 0 Å². The molecule has 1 amide bonds. The molecule has 122 valence electrons. The first-order valence-electron chi connectivity index (χ1n) is 7.85. The molecule has 1 aromatic carbocycles. The molecule has 2 N–H and O–H groups in total. The van der Waals surface area contributed by atoms with Gasteiger partial charge < -0.3 is 15.4 Å². The van der Waals surface area contributed by atoms with Gasteiger partial charge in [0.1, 0.15) is 15.6 Å². The summed E-state index contributed by atoms with van der Waals surface area (Å²) in [5.74, 6) is 1.46. The predicted octanol–water partition coefficient (Wildman–Crippen LogP) is 2.55. The van der Waals surface area contributed by atoms with Crippen molar-refractivity contribution in [2.24, 2.45) is 5.92 Å². The van der Waals surface area contributed by atoms with Gasteiger partial charge in [0.15, 0.2) is 0 Å². The normalized spacial score (nSPS) is 17.2. The number of methoxy groups -OCH3 is 1. The van der Waals surface area contributed by atoms with Crippen molar-refractivity contribution in [2.75, 3.05) is 26.7 Å². The molecule has 0 aliphatic carbocycles. The van der Waals surface area contributed by atoms with Crippen LogP contribution in [0.5, 0.6) is 5.75 Å². The number of benzene rings is 1. The SMILES string of the molecule is COc1ccc(-c2ncc(C(=O)NCCC3CCNC3)s2)cc1. The minimum atomic E-state index is -0.0341. The molecule has 1 aliphatic heterocycles. The van der Waals surface area contributed by atoms with Crippen LogP contribution in [-0.2, 0) is 0 Å². The van der Waals surface area contributed by atoms with E-state index in [1.807, 2.05) is 24.3 Å². The monoisotopic (exact) mass is 331 g/mol. The molecule has 3 rings (SSSR count). The quantitative estimate of drug-likeness (QED) is 0.854. The third-order valence-corrected chi connectivity index (χ3v) is 5.11. The number of amides is 1. The largest absolute Gasteiger partial charge is 0.497 e. The van der Waals surface area contributed by atoms with Gasteiger partial charge in [0, 0.05) is 12.1 Å². The lowest BCUT2D eigenvalue weighted by atomic mass is 10.1. The first-order valence-corrected chi connectivity index (χ1v) is 8.67. The van der Waals surface area contributed by atoms with E-state index >= 15 is 0 Å². The molecule has 1 saturated heterocycles. The molecule has 1 aromatic heterocycles. The molecule has 1 unspecified atom stereocenters. The Morgan fingerprint density at radius 1 is 1.43 bits per heavy atom. The summed E-state index contributed by atoms with van der Waals surface area (Å²) in [7, 11) is 1.64. The zero-order valence-corrected chi connectivity index (χ0v) is 14.0. The standard InChI is InChI=1S/C17H21N3O2S/c1-22-14-4-2-13(3-5-14)17-20-11-15(23-17)16(21)19-9-7-12-6-8-18-10-12/h2-5,11-12,18H,6-10H2,1H3,(H,19,21). The summed E-state index contributed by atoms with van der Waals surface area (Å²) in [5, 5.41) is 7.18. The Morgan fingerprint density at radius 3 is 2.96 bits per heavy atom. The van der Waals surface area contributed by atoms with Gasteiger partial charge in [-0.15, -0.1) is 11.3 Å². The highest BCUT2D eigenvalue weighted by Gasteiger charge is 2.15. The summed E-state index contributed by atoms with van der Waals surface area (Å²) in [6.07, 6.45) is 3.89. The van der Waals surface area contributed by atoms with Crippen LogP contribution < -0.4 is 15.4 Å². The number of hydrogen-bond acceptors (Lipinski definition) is 5. The number of hydrogen-bond donors (Lipinski definition) is 2. The van der Waals surface area contributed by atoms with E-state index in [9.17, 15) is 4.79 Å². The van der Waals surface area contributed by atoms with E-state index in [4.69, 9.17) is 4.74 Å². The van der Waals surface area contributed by atoms with Gasteiger partial charge in [-0.25, -0.2) is 4.98 Å². The summed E-state index contributed by atoms with van der Waals surface area (Å²) >= 11 is 1.41. The lowest BCUT2D eigenvalue weighted by Crippen LogP contribution is -2.25. The smallest absolute Gasteiger partial charge is 0.263 e. The molecule has 5 nitrogen and oxygen atoms in total. The first-order chi connectivity index (χ1) is 11.3. The topological polar surface area (TPSA) is 63.2 Å². The van der Waals surface area contributed by atoms with Gasteiger partial charge in [-0.1, -0.05) is 0 Å². The Kier molecular flexibility index (Phi) is 5.25. The summed E-state index contributed by atoms with van der Waals surface area (Å²) in [6, 6.07) is 7.69. The molecule has 0 spiro atoms. The molecule has 1 fully saturated rings. The number of carbonyl (C=O) groups is 1. The molecule has 6 heteroatoms. The molecule has 1 atom stereocenters. The van der Waals surface area contributed by atoms with Crippen LogP contribution in [0.4, 0.5) is 0 Å².